The smallest absolute Gasteiger partial charge is 0.125 e. The van der Waals surface area contributed by atoms with E-state index < -0.39 is 6.10 Å². The second-order valence-electron chi connectivity index (χ2n) is 5.13. The Labute approximate surface area is 130 Å². The summed E-state index contributed by atoms with van der Waals surface area (Å²) in [5, 5.41) is 14.1. The molecule has 2 N–H and O–H groups in total. The topological polar surface area (TPSA) is 58.0 Å². The van der Waals surface area contributed by atoms with Crippen LogP contribution in [0, 0.1) is 13.8 Å². The number of aryl methyl sites for hydroxylation is 2. The van der Waals surface area contributed by atoms with E-state index in [1.54, 1.807) is 6.07 Å². The summed E-state index contributed by atoms with van der Waals surface area (Å²) in [4.78, 5) is 8.58. The first-order chi connectivity index (χ1) is 9.99. The molecule has 0 spiro atoms. The van der Waals surface area contributed by atoms with E-state index in [4.69, 9.17) is 11.6 Å². The molecule has 21 heavy (non-hydrogen) atoms. The van der Waals surface area contributed by atoms with Crippen LogP contribution in [0.1, 0.15) is 41.7 Å². The Bertz CT molecular complexity index is 618. The monoisotopic (exact) mass is 305 g/mol. The van der Waals surface area contributed by atoms with Crippen LogP contribution in [-0.4, -0.2) is 21.6 Å². The van der Waals surface area contributed by atoms with Gasteiger partial charge in [0.1, 0.15) is 5.82 Å². The highest BCUT2D eigenvalue weighted by atomic mass is 35.5. The lowest BCUT2D eigenvalue weighted by atomic mass is 10.1. The molecule has 0 aliphatic carbocycles. The second-order valence-corrected chi connectivity index (χ2v) is 5.53. The molecule has 112 valence electrons. The van der Waals surface area contributed by atoms with Gasteiger partial charge in [-0.1, -0.05) is 29.8 Å². The minimum absolute atomic E-state index is 0.0581. The van der Waals surface area contributed by atoms with E-state index in [0.717, 1.165) is 22.6 Å². The summed E-state index contributed by atoms with van der Waals surface area (Å²) in [5.41, 5.74) is 2.72. The van der Waals surface area contributed by atoms with Gasteiger partial charge in [0.15, 0.2) is 0 Å². The molecule has 0 aliphatic heterocycles. The maximum Gasteiger partial charge on any atom is 0.125 e. The van der Waals surface area contributed by atoms with Gasteiger partial charge in [-0.25, -0.2) is 9.97 Å². The van der Waals surface area contributed by atoms with Crippen molar-refractivity contribution in [2.24, 2.45) is 0 Å². The van der Waals surface area contributed by atoms with Crippen molar-refractivity contribution in [3.63, 3.8) is 0 Å². The van der Waals surface area contributed by atoms with Crippen molar-refractivity contribution in [3.8, 4) is 0 Å². The summed E-state index contributed by atoms with van der Waals surface area (Å²) in [5.74, 6) is 0.763. The molecule has 0 saturated carbocycles. The zero-order valence-corrected chi connectivity index (χ0v) is 13.2. The quantitative estimate of drug-likeness (QED) is 0.891. The Morgan fingerprint density at radius 1 is 1.24 bits per heavy atom. The Kier molecular flexibility index (Phi) is 5.28. The van der Waals surface area contributed by atoms with E-state index in [1.807, 2.05) is 45.2 Å². The molecular formula is C16H20ClN3O. The number of nitrogens with one attached hydrogen (secondary N) is 1. The number of benzene rings is 1. The predicted molar refractivity (Wildman–Crippen MR) is 84.3 cm³/mol. The SMILES string of the molecule is Cc1ncc(C(C)NCC(O)c2ccccc2Cl)c(C)n1. The molecule has 2 atom stereocenters. The third-order valence-electron chi connectivity index (χ3n) is 3.49. The highest BCUT2D eigenvalue weighted by Crippen LogP contribution is 2.23. The number of hydrogen-bond donors (Lipinski definition) is 2. The molecule has 2 unspecified atom stereocenters. The van der Waals surface area contributed by atoms with Crippen molar-refractivity contribution in [2.45, 2.75) is 32.9 Å². The predicted octanol–water partition coefficient (Wildman–Crippen LogP) is 3.13. The fourth-order valence-corrected chi connectivity index (χ4v) is 2.53. The third-order valence-corrected chi connectivity index (χ3v) is 3.83. The van der Waals surface area contributed by atoms with E-state index in [0.29, 0.717) is 11.6 Å². The van der Waals surface area contributed by atoms with E-state index in [2.05, 4.69) is 15.3 Å². The third kappa shape index (κ3) is 4.00. The number of nitrogens with zero attached hydrogens (tertiary/aromatic N) is 2. The van der Waals surface area contributed by atoms with Crippen LogP contribution in [0.3, 0.4) is 0 Å². The summed E-state index contributed by atoms with van der Waals surface area (Å²) >= 11 is 6.09. The summed E-state index contributed by atoms with van der Waals surface area (Å²) < 4.78 is 0. The lowest BCUT2D eigenvalue weighted by Crippen LogP contribution is -2.25. The van der Waals surface area contributed by atoms with E-state index in [1.165, 1.54) is 0 Å². The van der Waals surface area contributed by atoms with Crippen molar-refractivity contribution >= 4 is 11.6 Å². The first-order valence-corrected chi connectivity index (χ1v) is 7.33. The molecule has 0 radical (unpaired) electrons. The van der Waals surface area contributed by atoms with Gasteiger partial charge < -0.3 is 10.4 Å². The molecule has 5 heteroatoms. The average Bonchev–Trinajstić information content (AvgIpc) is 2.45. The van der Waals surface area contributed by atoms with Gasteiger partial charge in [0.25, 0.3) is 0 Å². The maximum absolute atomic E-state index is 10.2. The highest BCUT2D eigenvalue weighted by molar-refractivity contribution is 6.31. The van der Waals surface area contributed by atoms with Gasteiger partial charge >= 0.3 is 0 Å². The summed E-state index contributed by atoms with van der Waals surface area (Å²) in [6.07, 6.45) is 1.19. The van der Waals surface area contributed by atoms with Crippen LogP contribution in [0.4, 0.5) is 0 Å². The van der Waals surface area contributed by atoms with Crippen molar-refractivity contribution in [1.29, 1.82) is 0 Å². The molecule has 1 aromatic heterocycles. The Morgan fingerprint density at radius 2 is 1.95 bits per heavy atom. The van der Waals surface area contributed by atoms with Gasteiger partial charge in [0, 0.05) is 40.6 Å². The summed E-state index contributed by atoms with van der Waals surface area (Å²) in [7, 11) is 0. The molecule has 0 saturated heterocycles. The number of aliphatic hydroxyl groups is 1. The fourth-order valence-electron chi connectivity index (χ4n) is 2.27. The second kappa shape index (κ2) is 6.98. The van der Waals surface area contributed by atoms with Gasteiger partial charge in [0.05, 0.1) is 6.10 Å². The molecule has 0 bridgehead atoms. The Balaban J connectivity index is 2.01. The molecule has 4 nitrogen and oxygen atoms in total. The van der Waals surface area contributed by atoms with Crippen molar-refractivity contribution < 1.29 is 5.11 Å². The average molecular weight is 306 g/mol. The molecule has 1 aromatic carbocycles. The fraction of sp³-hybridized carbons (Fsp3) is 0.375. The molecule has 2 aromatic rings. The van der Waals surface area contributed by atoms with Crippen LogP contribution in [0.2, 0.25) is 5.02 Å². The highest BCUT2D eigenvalue weighted by Gasteiger charge is 2.14. The number of aromatic nitrogens is 2. The normalized spacial score (nSPS) is 14.0. The first-order valence-electron chi connectivity index (χ1n) is 6.95. The lowest BCUT2D eigenvalue weighted by Gasteiger charge is -2.19. The van der Waals surface area contributed by atoms with E-state index in [-0.39, 0.29) is 6.04 Å². The summed E-state index contributed by atoms with van der Waals surface area (Å²) in [6, 6.07) is 7.39. The standard InChI is InChI=1S/C16H20ClN3O/c1-10(14-8-19-12(3)20-11(14)2)18-9-16(21)13-6-4-5-7-15(13)17/h4-8,10,16,18,21H,9H2,1-3H3. The number of rotatable bonds is 5. The van der Waals surface area contributed by atoms with Crippen LogP contribution in [0.5, 0.6) is 0 Å². The van der Waals surface area contributed by atoms with Gasteiger partial charge in [-0.05, 0) is 26.8 Å². The number of hydrogen-bond acceptors (Lipinski definition) is 4. The van der Waals surface area contributed by atoms with Gasteiger partial charge in [0.2, 0.25) is 0 Å². The molecule has 0 fully saturated rings. The molecule has 0 amide bonds. The lowest BCUT2D eigenvalue weighted by molar-refractivity contribution is 0.171. The van der Waals surface area contributed by atoms with Crippen molar-refractivity contribution in [2.75, 3.05) is 6.54 Å². The zero-order chi connectivity index (χ0) is 15.4. The number of halogens is 1. The van der Waals surface area contributed by atoms with Crippen LogP contribution < -0.4 is 5.32 Å². The maximum atomic E-state index is 10.2. The summed E-state index contributed by atoms with van der Waals surface area (Å²) in [6.45, 7) is 6.28. The van der Waals surface area contributed by atoms with E-state index >= 15 is 0 Å². The zero-order valence-electron chi connectivity index (χ0n) is 12.5. The molecule has 0 aliphatic rings. The number of aliphatic hydroxyl groups excluding tert-OH is 1. The van der Waals surface area contributed by atoms with Crippen LogP contribution in [0.25, 0.3) is 0 Å². The largest absolute Gasteiger partial charge is 0.387 e. The van der Waals surface area contributed by atoms with E-state index in [9.17, 15) is 5.11 Å². The molecular weight excluding hydrogens is 286 g/mol. The molecule has 2 rings (SSSR count). The van der Waals surface area contributed by atoms with Crippen LogP contribution in [0.15, 0.2) is 30.5 Å². The minimum atomic E-state index is -0.646. The van der Waals surface area contributed by atoms with Gasteiger partial charge in [-0.3, -0.25) is 0 Å². The minimum Gasteiger partial charge on any atom is -0.387 e. The van der Waals surface area contributed by atoms with Crippen LogP contribution in [-0.2, 0) is 0 Å². The van der Waals surface area contributed by atoms with Crippen LogP contribution >= 0.6 is 11.6 Å². The van der Waals surface area contributed by atoms with Crippen molar-refractivity contribution in [1.82, 2.24) is 15.3 Å². The first kappa shape index (κ1) is 15.9. The van der Waals surface area contributed by atoms with Gasteiger partial charge in [-0.15, -0.1) is 0 Å². The molecule has 1 heterocycles. The Morgan fingerprint density at radius 3 is 2.62 bits per heavy atom. The van der Waals surface area contributed by atoms with Gasteiger partial charge in [-0.2, -0.15) is 0 Å². The van der Waals surface area contributed by atoms with Crippen molar-refractivity contribution in [3.05, 3.63) is 58.1 Å². The Hall–Kier alpha value is -1.49.